The number of fused-ring (bicyclic) bond motifs is 1. The number of alkyl halides is 3. The zero-order valence-corrected chi connectivity index (χ0v) is 22.2. The maximum Gasteiger partial charge on any atom is 0.416 e. The Bertz CT molecular complexity index is 1560. The van der Waals surface area contributed by atoms with Crippen molar-refractivity contribution in [3.63, 3.8) is 0 Å². The first-order valence-corrected chi connectivity index (χ1v) is 12.9. The molecule has 2 aromatic carbocycles. The van der Waals surface area contributed by atoms with E-state index in [0.29, 0.717) is 34.1 Å². The fourth-order valence-electron chi connectivity index (χ4n) is 4.63. The van der Waals surface area contributed by atoms with Crippen LogP contribution in [0.3, 0.4) is 0 Å². The molecular formula is C28H29F3N8O. The van der Waals surface area contributed by atoms with Gasteiger partial charge in [-0.15, -0.1) is 0 Å². The largest absolute Gasteiger partial charge is 0.416 e. The molecule has 2 aromatic heterocycles. The number of nitrogens with zero attached hydrogens (tertiary/aromatic N) is 6. The number of rotatable bonds is 6. The van der Waals surface area contributed by atoms with Crippen LogP contribution in [0.4, 0.5) is 36.4 Å². The maximum absolute atomic E-state index is 13.1. The zero-order chi connectivity index (χ0) is 28.4. The van der Waals surface area contributed by atoms with Gasteiger partial charge in [0.05, 0.1) is 5.56 Å². The second-order valence-corrected chi connectivity index (χ2v) is 9.93. The molecule has 3 heterocycles. The van der Waals surface area contributed by atoms with E-state index in [1.807, 2.05) is 13.0 Å². The van der Waals surface area contributed by atoms with Crippen molar-refractivity contribution >= 4 is 40.1 Å². The van der Waals surface area contributed by atoms with Crippen LogP contribution in [0.1, 0.15) is 33.5 Å². The van der Waals surface area contributed by atoms with Crippen LogP contribution >= 0.6 is 0 Å². The Morgan fingerprint density at radius 1 is 1.02 bits per heavy atom. The number of anilines is 4. The van der Waals surface area contributed by atoms with Crippen LogP contribution in [0.2, 0.25) is 0 Å². The number of nitrogens with one attached hydrogen (secondary N) is 1. The summed E-state index contributed by atoms with van der Waals surface area (Å²) in [6.45, 7) is 5.32. The lowest BCUT2D eigenvalue weighted by Crippen LogP contribution is -2.30. The Morgan fingerprint density at radius 3 is 2.65 bits per heavy atom. The molecule has 4 aromatic rings. The Kier molecular flexibility index (Phi) is 7.53. The number of hydrogen-bond acceptors (Lipinski definition) is 9. The van der Waals surface area contributed by atoms with E-state index >= 15 is 0 Å². The van der Waals surface area contributed by atoms with Gasteiger partial charge in [-0.1, -0.05) is 24.3 Å². The van der Waals surface area contributed by atoms with Crippen LogP contribution < -0.4 is 16.0 Å². The van der Waals surface area contributed by atoms with Gasteiger partial charge in [-0.25, -0.2) is 15.0 Å². The van der Waals surface area contributed by atoms with Gasteiger partial charge in [0.2, 0.25) is 5.95 Å². The monoisotopic (exact) mass is 550 g/mol. The molecule has 1 fully saturated rings. The molecule has 0 radical (unpaired) electrons. The molecular weight excluding hydrogens is 521 g/mol. The van der Waals surface area contributed by atoms with Gasteiger partial charge in [-0.05, 0) is 56.3 Å². The third kappa shape index (κ3) is 5.96. The fraction of sp³-hybridized carbons (Fsp3) is 0.321. The summed E-state index contributed by atoms with van der Waals surface area (Å²) in [5.41, 5.74) is 8.50. The third-order valence-corrected chi connectivity index (χ3v) is 6.93. The van der Waals surface area contributed by atoms with Gasteiger partial charge in [-0.2, -0.15) is 18.2 Å². The maximum atomic E-state index is 13.1. The van der Waals surface area contributed by atoms with Crippen molar-refractivity contribution in [2.24, 2.45) is 0 Å². The normalized spacial score (nSPS) is 14.8. The fourth-order valence-corrected chi connectivity index (χ4v) is 4.63. The number of hydrogen-bond donors (Lipinski definition) is 2. The number of Topliss-reactive ketones (excluding diaryl/α,β-unsaturated/α-hetero) is 1. The molecule has 40 heavy (non-hydrogen) atoms. The van der Waals surface area contributed by atoms with E-state index in [9.17, 15) is 18.0 Å². The first kappa shape index (κ1) is 27.3. The predicted octanol–water partition coefficient (Wildman–Crippen LogP) is 4.64. The van der Waals surface area contributed by atoms with E-state index in [1.165, 1.54) is 18.5 Å². The van der Waals surface area contributed by atoms with Crippen molar-refractivity contribution in [3.8, 4) is 0 Å². The van der Waals surface area contributed by atoms with Crippen molar-refractivity contribution in [1.29, 1.82) is 0 Å². The summed E-state index contributed by atoms with van der Waals surface area (Å²) < 4.78 is 39.3. The molecule has 0 amide bonds. The number of aromatic nitrogens is 4. The highest BCUT2D eigenvalue weighted by molar-refractivity contribution is 5.98. The molecule has 1 saturated heterocycles. The van der Waals surface area contributed by atoms with Crippen LogP contribution in [0.5, 0.6) is 0 Å². The molecule has 0 bridgehead atoms. The number of aryl methyl sites for hydroxylation is 1. The molecule has 1 aliphatic heterocycles. The molecule has 5 rings (SSSR count). The second kappa shape index (κ2) is 11.0. The van der Waals surface area contributed by atoms with Crippen molar-refractivity contribution in [2.45, 2.75) is 25.9 Å². The van der Waals surface area contributed by atoms with Crippen LogP contribution in [0.15, 0.2) is 48.8 Å². The van der Waals surface area contributed by atoms with Gasteiger partial charge in [0.1, 0.15) is 17.4 Å². The van der Waals surface area contributed by atoms with Gasteiger partial charge < -0.3 is 20.9 Å². The number of nitrogens with two attached hydrogens (primary N) is 1. The summed E-state index contributed by atoms with van der Waals surface area (Å²) in [6, 6.07) is 9.86. The molecule has 0 atom stereocenters. The van der Waals surface area contributed by atoms with Gasteiger partial charge in [-0.3, -0.25) is 4.79 Å². The second-order valence-electron chi connectivity index (χ2n) is 9.93. The molecule has 208 valence electrons. The van der Waals surface area contributed by atoms with Crippen molar-refractivity contribution < 1.29 is 18.0 Å². The molecule has 3 N–H and O–H groups in total. The molecule has 0 spiro atoms. The number of carbonyl (C=O) groups is 1. The number of benzene rings is 2. The van der Waals surface area contributed by atoms with Gasteiger partial charge in [0.25, 0.3) is 0 Å². The van der Waals surface area contributed by atoms with E-state index in [2.05, 4.69) is 37.1 Å². The third-order valence-electron chi connectivity index (χ3n) is 6.93. The lowest BCUT2D eigenvalue weighted by atomic mass is 9.99. The minimum atomic E-state index is -4.52. The van der Waals surface area contributed by atoms with E-state index < -0.39 is 17.5 Å². The minimum absolute atomic E-state index is 0.00566. The van der Waals surface area contributed by atoms with Gasteiger partial charge >= 0.3 is 6.18 Å². The Morgan fingerprint density at radius 2 is 1.85 bits per heavy atom. The summed E-state index contributed by atoms with van der Waals surface area (Å²) in [4.78, 5) is 35.2. The lowest BCUT2D eigenvalue weighted by Gasteiger charge is -2.21. The quantitative estimate of drug-likeness (QED) is 0.332. The van der Waals surface area contributed by atoms with Crippen LogP contribution in [-0.2, 0) is 12.6 Å². The standard InChI is InChI=1S/C28H29F3N8O/c1-17-7-8-18(14-22(40)19-5-3-6-20(15-19)28(29,30)31)13-21(17)35-26-24-23(33-16-34-26)25(32)37-27(36-24)39-10-4-9-38(2)11-12-39/h3,5-8,13,15-16H,4,9-12,14H2,1-2H3,(H2,32,36,37)(H,33,34,35). The average Bonchev–Trinajstić information content (AvgIpc) is 3.15. The first-order valence-electron chi connectivity index (χ1n) is 12.9. The van der Waals surface area contributed by atoms with E-state index in [4.69, 9.17) is 10.7 Å². The molecule has 12 heteroatoms. The van der Waals surface area contributed by atoms with Gasteiger partial charge in [0, 0.05) is 37.3 Å². The Labute approximate surface area is 229 Å². The summed E-state index contributed by atoms with van der Waals surface area (Å²) >= 11 is 0. The van der Waals surface area contributed by atoms with Crippen molar-refractivity contribution in [2.75, 3.05) is 49.2 Å². The number of halogens is 3. The summed E-state index contributed by atoms with van der Waals surface area (Å²) in [6.07, 6.45) is -2.24. The predicted molar refractivity (Wildman–Crippen MR) is 148 cm³/mol. The molecule has 9 nitrogen and oxygen atoms in total. The topological polar surface area (TPSA) is 113 Å². The molecule has 1 aliphatic rings. The minimum Gasteiger partial charge on any atom is -0.382 e. The molecule has 0 aliphatic carbocycles. The van der Waals surface area contributed by atoms with Crippen LogP contribution in [0, 0.1) is 6.92 Å². The first-order chi connectivity index (χ1) is 19.1. The molecule has 0 unspecified atom stereocenters. The van der Waals surface area contributed by atoms with Crippen LogP contribution in [0.25, 0.3) is 11.0 Å². The summed E-state index contributed by atoms with van der Waals surface area (Å²) in [7, 11) is 2.08. The summed E-state index contributed by atoms with van der Waals surface area (Å²) in [5, 5.41) is 3.29. The number of nitrogen functional groups attached to an aromatic ring is 1. The highest BCUT2D eigenvalue weighted by Crippen LogP contribution is 2.31. The highest BCUT2D eigenvalue weighted by Gasteiger charge is 2.31. The average molecular weight is 551 g/mol. The smallest absolute Gasteiger partial charge is 0.382 e. The van der Waals surface area contributed by atoms with E-state index in [0.717, 1.165) is 50.3 Å². The Balaban J connectivity index is 1.42. The zero-order valence-electron chi connectivity index (χ0n) is 22.2. The van der Waals surface area contributed by atoms with Crippen molar-refractivity contribution in [1.82, 2.24) is 24.8 Å². The Hall–Kier alpha value is -4.32. The lowest BCUT2D eigenvalue weighted by molar-refractivity contribution is -0.137. The van der Waals surface area contributed by atoms with Gasteiger partial charge in [0.15, 0.2) is 17.4 Å². The SMILES string of the molecule is Cc1ccc(CC(=O)c2cccc(C(F)(F)F)c2)cc1Nc1ncnc2c(N)nc(N3CCCN(C)CC3)nc12. The molecule has 0 saturated carbocycles. The van der Waals surface area contributed by atoms with Crippen LogP contribution in [-0.4, -0.2) is 63.8 Å². The number of likely N-dealkylation sites (N-methyl/N-ethyl adjacent to an activating group) is 1. The highest BCUT2D eigenvalue weighted by atomic mass is 19.4. The van der Waals surface area contributed by atoms with E-state index in [1.54, 1.807) is 12.1 Å². The number of carbonyl (C=O) groups excluding carboxylic acids is 1. The van der Waals surface area contributed by atoms with E-state index in [-0.39, 0.29) is 17.8 Å². The number of ketones is 1. The summed E-state index contributed by atoms with van der Waals surface area (Å²) in [5.74, 6) is 0.772. The van der Waals surface area contributed by atoms with Crippen molar-refractivity contribution in [3.05, 3.63) is 71.0 Å².